The number of hydrogen-bond acceptors (Lipinski definition) is 6. The molecule has 0 bridgehead atoms. The summed E-state index contributed by atoms with van der Waals surface area (Å²) in [5.74, 6) is 0.343. The molecule has 0 fully saturated rings. The van der Waals surface area contributed by atoms with E-state index in [9.17, 15) is 4.39 Å². The first-order chi connectivity index (χ1) is 13.2. The number of fused-ring (bicyclic) bond motifs is 1. The Morgan fingerprint density at radius 3 is 2.89 bits per heavy atom. The van der Waals surface area contributed by atoms with Gasteiger partial charge in [-0.15, -0.1) is 0 Å². The Morgan fingerprint density at radius 2 is 2.15 bits per heavy atom. The Kier molecular flexibility index (Phi) is 4.41. The minimum Gasteiger partial charge on any atom is -0.480 e. The summed E-state index contributed by atoms with van der Waals surface area (Å²) < 4.78 is 21.6. The van der Waals surface area contributed by atoms with E-state index in [0.717, 1.165) is 23.2 Å². The minimum atomic E-state index is -0.534. The average Bonchev–Trinajstić information content (AvgIpc) is 3.30. The van der Waals surface area contributed by atoms with Crippen molar-refractivity contribution in [2.75, 3.05) is 12.4 Å². The highest BCUT2D eigenvalue weighted by molar-refractivity contribution is 5.85. The maximum Gasteiger partial charge on any atom is 0.226 e. The Balaban J connectivity index is 1.58. The fourth-order valence-electron chi connectivity index (χ4n) is 2.91. The topological polar surface area (TPSA) is 93.5 Å². The number of methoxy groups -OCH3 is 1. The van der Waals surface area contributed by atoms with Gasteiger partial charge in [-0.1, -0.05) is 6.07 Å². The highest BCUT2D eigenvalue weighted by Crippen LogP contribution is 2.27. The summed E-state index contributed by atoms with van der Waals surface area (Å²) in [5, 5.41) is 7.97. The third kappa shape index (κ3) is 3.31. The number of nitrogens with zero attached hydrogens (tertiary/aromatic N) is 5. The van der Waals surface area contributed by atoms with Gasteiger partial charge in [-0.3, -0.25) is 4.68 Å². The molecule has 4 aromatic heterocycles. The molecule has 0 radical (unpaired) electrons. The zero-order valence-electron chi connectivity index (χ0n) is 14.9. The molecule has 0 spiro atoms. The lowest BCUT2D eigenvalue weighted by Gasteiger charge is -2.07. The van der Waals surface area contributed by atoms with Gasteiger partial charge in [-0.25, -0.2) is 15.0 Å². The van der Waals surface area contributed by atoms with Gasteiger partial charge in [0.25, 0.3) is 0 Å². The number of anilines is 2. The van der Waals surface area contributed by atoms with Crippen molar-refractivity contribution < 1.29 is 9.13 Å². The normalized spacial score (nSPS) is 11.1. The summed E-state index contributed by atoms with van der Waals surface area (Å²) in [5.41, 5.74) is 2.72. The van der Waals surface area contributed by atoms with Crippen LogP contribution in [0.25, 0.3) is 11.0 Å². The fourth-order valence-corrected chi connectivity index (χ4v) is 2.91. The maximum atomic E-state index is 14.6. The van der Waals surface area contributed by atoms with Gasteiger partial charge in [-0.05, 0) is 18.6 Å². The van der Waals surface area contributed by atoms with Crippen LogP contribution in [0, 0.1) is 5.95 Å². The Bertz CT molecular complexity index is 1090. The van der Waals surface area contributed by atoms with E-state index in [2.05, 4.69) is 30.4 Å². The lowest BCUT2D eigenvalue weighted by Crippen LogP contribution is -2.00. The van der Waals surface area contributed by atoms with Crippen LogP contribution in [0.15, 0.2) is 37.1 Å². The van der Waals surface area contributed by atoms with Crippen LogP contribution in [-0.2, 0) is 13.0 Å². The largest absolute Gasteiger partial charge is 0.480 e. The first kappa shape index (κ1) is 17.0. The number of rotatable bonds is 6. The molecule has 4 rings (SSSR count). The number of hydrogen-bond donors (Lipinski definition) is 2. The second-order valence-electron chi connectivity index (χ2n) is 5.95. The summed E-state index contributed by atoms with van der Waals surface area (Å²) in [6.07, 6.45) is 7.06. The number of H-pyrrole nitrogens is 1. The zero-order valence-corrected chi connectivity index (χ0v) is 14.9. The molecule has 0 atom stereocenters. The van der Waals surface area contributed by atoms with Crippen molar-refractivity contribution in [3.63, 3.8) is 0 Å². The molecule has 0 amide bonds. The van der Waals surface area contributed by atoms with Crippen LogP contribution in [0.4, 0.5) is 15.9 Å². The molecule has 8 nitrogen and oxygen atoms in total. The molecule has 0 aromatic carbocycles. The second kappa shape index (κ2) is 7.02. The molecule has 4 aromatic rings. The highest BCUT2D eigenvalue weighted by atomic mass is 19.1. The molecule has 4 heterocycles. The average molecular weight is 367 g/mol. The van der Waals surface area contributed by atoms with Crippen LogP contribution >= 0.6 is 0 Å². The van der Waals surface area contributed by atoms with Crippen molar-refractivity contribution in [3.05, 3.63) is 54.1 Å². The predicted octanol–water partition coefficient (Wildman–Crippen LogP) is 3.05. The molecule has 0 unspecified atom stereocenters. The molecular weight excluding hydrogens is 349 g/mol. The smallest absolute Gasteiger partial charge is 0.226 e. The molecular formula is C18H18FN7O. The third-order valence-corrected chi connectivity index (χ3v) is 4.25. The zero-order chi connectivity index (χ0) is 18.8. The Hall–Kier alpha value is -3.49. The highest BCUT2D eigenvalue weighted by Gasteiger charge is 2.14. The van der Waals surface area contributed by atoms with Crippen LogP contribution in [0.3, 0.4) is 0 Å². The van der Waals surface area contributed by atoms with Crippen LogP contribution < -0.4 is 10.1 Å². The third-order valence-electron chi connectivity index (χ3n) is 4.25. The molecule has 0 aliphatic carbocycles. The maximum absolute atomic E-state index is 14.6. The van der Waals surface area contributed by atoms with Gasteiger partial charge in [0.05, 0.1) is 24.4 Å². The monoisotopic (exact) mass is 367 g/mol. The van der Waals surface area contributed by atoms with Gasteiger partial charge in [0, 0.05) is 30.9 Å². The summed E-state index contributed by atoms with van der Waals surface area (Å²) in [6.45, 7) is 2.76. The van der Waals surface area contributed by atoms with Crippen LogP contribution in [-0.4, -0.2) is 36.8 Å². The quantitative estimate of drug-likeness (QED) is 0.509. The van der Waals surface area contributed by atoms with Gasteiger partial charge < -0.3 is 15.0 Å². The molecule has 0 saturated carbocycles. The molecule has 0 aliphatic rings. The van der Waals surface area contributed by atoms with Crippen molar-refractivity contribution in [3.8, 4) is 5.88 Å². The second-order valence-corrected chi connectivity index (χ2v) is 5.95. The predicted molar refractivity (Wildman–Crippen MR) is 98.6 cm³/mol. The van der Waals surface area contributed by atoms with Crippen molar-refractivity contribution in [2.45, 2.75) is 19.9 Å². The van der Waals surface area contributed by atoms with Gasteiger partial charge in [0.1, 0.15) is 17.8 Å². The van der Waals surface area contributed by atoms with Crippen molar-refractivity contribution in [1.29, 1.82) is 0 Å². The molecule has 27 heavy (non-hydrogen) atoms. The standard InChI is InChI=1S/C18H18FN7O/c1-3-26-9-13(8-23-26)24-14-5-4-11(16(19)25-14)6-12-7-20-17-15(12)18(27-2)22-10-21-17/h4-5,7-10H,3,6H2,1-2H3,(H,24,25)(H,20,21,22). The fraction of sp³-hybridized carbons (Fsp3) is 0.222. The summed E-state index contributed by atoms with van der Waals surface area (Å²) in [7, 11) is 1.54. The Morgan fingerprint density at radius 1 is 1.26 bits per heavy atom. The number of aromatic nitrogens is 6. The molecule has 9 heteroatoms. The molecule has 138 valence electrons. The number of aromatic amines is 1. The van der Waals surface area contributed by atoms with E-state index in [-0.39, 0.29) is 0 Å². The van der Waals surface area contributed by atoms with Gasteiger partial charge in [0.15, 0.2) is 0 Å². The van der Waals surface area contributed by atoms with Gasteiger partial charge in [0.2, 0.25) is 11.8 Å². The van der Waals surface area contributed by atoms with E-state index in [0.29, 0.717) is 29.3 Å². The van der Waals surface area contributed by atoms with Crippen molar-refractivity contribution in [1.82, 2.24) is 29.7 Å². The number of nitrogens with one attached hydrogen (secondary N) is 2. The SMILES string of the molecule is CCn1cc(Nc2ccc(Cc3c[nH]c4ncnc(OC)c34)c(F)n2)cn1. The van der Waals surface area contributed by atoms with E-state index in [1.807, 2.05) is 13.1 Å². The lowest BCUT2D eigenvalue weighted by molar-refractivity contribution is 0.402. The van der Waals surface area contributed by atoms with Crippen LogP contribution in [0.5, 0.6) is 5.88 Å². The van der Waals surface area contributed by atoms with Gasteiger partial charge >= 0.3 is 0 Å². The van der Waals surface area contributed by atoms with E-state index in [4.69, 9.17) is 4.74 Å². The lowest BCUT2D eigenvalue weighted by atomic mass is 10.1. The minimum absolute atomic E-state index is 0.344. The van der Waals surface area contributed by atoms with E-state index in [1.165, 1.54) is 6.33 Å². The van der Waals surface area contributed by atoms with Crippen LogP contribution in [0.2, 0.25) is 0 Å². The summed E-state index contributed by atoms with van der Waals surface area (Å²) in [6, 6.07) is 3.45. The number of aryl methyl sites for hydroxylation is 1. The van der Waals surface area contributed by atoms with Crippen molar-refractivity contribution >= 4 is 22.5 Å². The van der Waals surface area contributed by atoms with E-state index < -0.39 is 5.95 Å². The number of halogens is 1. The van der Waals surface area contributed by atoms with E-state index in [1.54, 1.807) is 36.3 Å². The first-order valence-corrected chi connectivity index (χ1v) is 8.47. The molecule has 0 saturated heterocycles. The number of pyridine rings is 1. The van der Waals surface area contributed by atoms with E-state index >= 15 is 0 Å². The summed E-state index contributed by atoms with van der Waals surface area (Å²) >= 11 is 0. The molecule has 2 N–H and O–H groups in total. The summed E-state index contributed by atoms with van der Waals surface area (Å²) in [4.78, 5) is 15.4. The Labute approximate surface area is 154 Å². The first-order valence-electron chi connectivity index (χ1n) is 8.47. The van der Waals surface area contributed by atoms with Crippen molar-refractivity contribution in [2.24, 2.45) is 0 Å². The van der Waals surface area contributed by atoms with Crippen LogP contribution in [0.1, 0.15) is 18.1 Å². The number of ether oxygens (including phenoxy) is 1. The van der Waals surface area contributed by atoms with Gasteiger partial charge in [-0.2, -0.15) is 9.49 Å². The molecule has 0 aliphatic heterocycles.